The zero-order valence-electron chi connectivity index (χ0n) is 15.8. The fourth-order valence-electron chi connectivity index (χ4n) is 2.77. The normalized spacial score (nSPS) is 13.4. The summed E-state index contributed by atoms with van der Waals surface area (Å²) >= 11 is 0. The number of amides is 1. The first-order valence-electron chi connectivity index (χ1n) is 8.61. The van der Waals surface area contributed by atoms with Gasteiger partial charge in [0.05, 0.1) is 11.4 Å². The summed E-state index contributed by atoms with van der Waals surface area (Å²) in [5, 5.41) is 10.7. The molecule has 0 aliphatic carbocycles. The van der Waals surface area contributed by atoms with Crippen LogP contribution in [-0.2, 0) is 0 Å². The van der Waals surface area contributed by atoms with Gasteiger partial charge in [-0.05, 0) is 37.5 Å². The lowest BCUT2D eigenvalue weighted by molar-refractivity contribution is 0.134. The second-order valence-corrected chi connectivity index (χ2v) is 7.12. The maximum atomic E-state index is 13.5. The monoisotopic (exact) mass is 395 g/mol. The molecule has 0 radical (unpaired) electrons. The van der Waals surface area contributed by atoms with E-state index in [1.165, 1.54) is 24.4 Å². The molecule has 1 amide bonds. The Kier molecular flexibility index (Phi) is 6.79. The van der Waals surface area contributed by atoms with E-state index in [1.807, 2.05) is 19.2 Å². The highest BCUT2D eigenvalue weighted by atomic mass is 19.3. The molecule has 1 atom stereocenters. The van der Waals surface area contributed by atoms with Crippen LogP contribution in [0.3, 0.4) is 0 Å². The first-order valence-corrected chi connectivity index (χ1v) is 8.61. The van der Waals surface area contributed by atoms with Crippen molar-refractivity contribution in [1.82, 2.24) is 15.0 Å². The summed E-state index contributed by atoms with van der Waals surface area (Å²) in [5.41, 5.74) is 5.28. The highest BCUT2D eigenvalue weighted by Gasteiger charge is 2.24. The SMILES string of the molecule is CC(C)CC(C)(N)COc1ccc(-c2ccnc(NC(=O)O)n2)nc1C(F)F. The topological polar surface area (TPSA) is 123 Å². The number of carboxylic acid groups (broad SMARTS) is 1. The van der Waals surface area contributed by atoms with Gasteiger partial charge in [0, 0.05) is 11.7 Å². The van der Waals surface area contributed by atoms with Crippen LogP contribution < -0.4 is 15.8 Å². The van der Waals surface area contributed by atoms with E-state index in [-0.39, 0.29) is 29.7 Å². The van der Waals surface area contributed by atoms with Crippen molar-refractivity contribution in [2.45, 2.75) is 39.2 Å². The van der Waals surface area contributed by atoms with Gasteiger partial charge in [0.2, 0.25) is 5.95 Å². The van der Waals surface area contributed by atoms with Crippen molar-refractivity contribution in [3.05, 3.63) is 30.1 Å². The zero-order chi connectivity index (χ0) is 20.9. The summed E-state index contributed by atoms with van der Waals surface area (Å²) < 4.78 is 32.6. The summed E-state index contributed by atoms with van der Waals surface area (Å²) in [6.45, 7) is 5.89. The molecule has 2 aromatic heterocycles. The molecule has 2 heterocycles. The molecule has 2 aromatic rings. The highest BCUT2D eigenvalue weighted by Crippen LogP contribution is 2.30. The van der Waals surface area contributed by atoms with Gasteiger partial charge in [-0.15, -0.1) is 0 Å². The van der Waals surface area contributed by atoms with Crippen molar-refractivity contribution in [2.75, 3.05) is 11.9 Å². The average molecular weight is 395 g/mol. The molecule has 8 nitrogen and oxygen atoms in total. The minimum absolute atomic E-state index is 0.0582. The Labute approximate surface area is 161 Å². The molecule has 1 unspecified atom stereocenters. The van der Waals surface area contributed by atoms with Crippen molar-refractivity contribution in [1.29, 1.82) is 0 Å². The summed E-state index contributed by atoms with van der Waals surface area (Å²) in [6, 6.07) is 4.27. The van der Waals surface area contributed by atoms with Crippen LogP contribution >= 0.6 is 0 Å². The molecular weight excluding hydrogens is 372 g/mol. The van der Waals surface area contributed by atoms with Gasteiger partial charge in [-0.2, -0.15) is 0 Å². The Hall–Kier alpha value is -2.88. The lowest BCUT2D eigenvalue weighted by atomic mass is 9.93. The molecule has 0 aromatic carbocycles. The molecule has 10 heteroatoms. The zero-order valence-corrected chi connectivity index (χ0v) is 15.8. The number of pyridine rings is 1. The number of alkyl halides is 2. The molecule has 28 heavy (non-hydrogen) atoms. The lowest BCUT2D eigenvalue weighted by Crippen LogP contribution is -2.43. The molecule has 0 aliphatic rings. The van der Waals surface area contributed by atoms with E-state index in [0.29, 0.717) is 12.3 Å². The number of ether oxygens (including phenoxy) is 1. The number of hydrogen-bond donors (Lipinski definition) is 3. The number of rotatable bonds is 8. The van der Waals surface area contributed by atoms with E-state index < -0.39 is 23.8 Å². The van der Waals surface area contributed by atoms with E-state index in [2.05, 4.69) is 15.0 Å². The largest absolute Gasteiger partial charge is 0.490 e. The number of nitrogens with two attached hydrogens (primary N) is 1. The van der Waals surface area contributed by atoms with Crippen molar-refractivity contribution in [3.63, 3.8) is 0 Å². The summed E-state index contributed by atoms with van der Waals surface area (Å²) in [6.07, 6.45) is -2.24. The number of nitrogens with zero attached hydrogens (tertiary/aromatic N) is 3. The number of nitrogens with one attached hydrogen (secondary N) is 1. The molecule has 0 spiro atoms. The smallest absolute Gasteiger partial charge is 0.411 e. The number of carbonyl (C=O) groups is 1. The second kappa shape index (κ2) is 8.87. The fourth-order valence-corrected chi connectivity index (χ4v) is 2.77. The minimum Gasteiger partial charge on any atom is -0.490 e. The fraction of sp³-hybridized carbons (Fsp3) is 0.444. The number of aromatic nitrogens is 3. The molecule has 4 N–H and O–H groups in total. The Morgan fingerprint density at radius 2 is 1.96 bits per heavy atom. The number of anilines is 1. The van der Waals surface area contributed by atoms with E-state index in [1.54, 1.807) is 6.92 Å². The van der Waals surface area contributed by atoms with E-state index in [9.17, 15) is 13.6 Å². The van der Waals surface area contributed by atoms with E-state index >= 15 is 0 Å². The summed E-state index contributed by atoms with van der Waals surface area (Å²) in [4.78, 5) is 22.3. The van der Waals surface area contributed by atoms with Crippen LogP contribution in [0.5, 0.6) is 5.75 Å². The molecule has 0 aliphatic heterocycles. The van der Waals surface area contributed by atoms with Crippen LogP contribution in [0.25, 0.3) is 11.4 Å². The molecule has 0 saturated carbocycles. The molecule has 0 fully saturated rings. The Balaban J connectivity index is 2.27. The van der Waals surface area contributed by atoms with E-state index in [0.717, 1.165) is 0 Å². The summed E-state index contributed by atoms with van der Waals surface area (Å²) in [5.74, 6) is 0.0930. The van der Waals surface area contributed by atoms with Gasteiger partial charge >= 0.3 is 6.09 Å². The van der Waals surface area contributed by atoms with E-state index in [4.69, 9.17) is 15.6 Å². The minimum atomic E-state index is -2.87. The van der Waals surface area contributed by atoms with Gasteiger partial charge in [0.1, 0.15) is 18.1 Å². The molecule has 152 valence electrons. The maximum Gasteiger partial charge on any atom is 0.411 e. The van der Waals surface area contributed by atoms with Gasteiger partial charge in [0.15, 0.2) is 0 Å². The first kappa shape index (κ1) is 21.4. The van der Waals surface area contributed by atoms with Crippen LogP contribution in [0.2, 0.25) is 0 Å². The third-order valence-electron chi connectivity index (χ3n) is 3.66. The van der Waals surface area contributed by atoms with Crippen LogP contribution in [-0.4, -0.2) is 38.3 Å². The van der Waals surface area contributed by atoms with Crippen molar-refractivity contribution in [2.24, 2.45) is 11.7 Å². The van der Waals surface area contributed by atoms with Gasteiger partial charge < -0.3 is 15.6 Å². The van der Waals surface area contributed by atoms with Crippen LogP contribution in [0.15, 0.2) is 24.4 Å². The third kappa shape index (κ3) is 6.08. The predicted molar refractivity (Wildman–Crippen MR) is 99.4 cm³/mol. The van der Waals surface area contributed by atoms with Gasteiger partial charge in [0.25, 0.3) is 6.43 Å². The van der Waals surface area contributed by atoms with Gasteiger partial charge in [-0.3, -0.25) is 5.32 Å². The third-order valence-corrected chi connectivity index (χ3v) is 3.66. The van der Waals surface area contributed by atoms with Crippen molar-refractivity contribution in [3.8, 4) is 17.1 Å². The van der Waals surface area contributed by atoms with Crippen molar-refractivity contribution < 1.29 is 23.4 Å². The van der Waals surface area contributed by atoms with Crippen molar-refractivity contribution >= 4 is 12.0 Å². The van der Waals surface area contributed by atoms with Crippen LogP contribution in [0.4, 0.5) is 19.5 Å². The molecule has 2 rings (SSSR count). The predicted octanol–water partition coefficient (Wildman–Crippen LogP) is 3.71. The number of hydrogen-bond acceptors (Lipinski definition) is 6. The first-order chi connectivity index (χ1) is 13.1. The molecule has 0 bridgehead atoms. The Bertz CT molecular complexity index is 831. The lowest BCUT2D eigenvalue weighted by Gasteiger charge is -2.27. The van der Waals surface area contributed by atoms with Gasteiger partial charge in [-0.25, -0.2) is 28.5 Å². The standard InChI is InChI=1S/C18H23F2N5O3/c1-10(2)8-18(3,21)9-28-13-5-4-11(23-14(13)15(19)20)12-6-7-22-16(24-12)25-17(26)27/h4-7,10,15H,8-9,21H2,1-3H3,(H,26,27)(H,22,24,25). The molecular formula is C18H23F2N5O3. The Morgan fingerprint density at radius 1 is 1.29 bits per heavy atom. The van der Waals surface area contributed by atoms with Crippen LogP contribution in [0.1, 0.15) is 39.3 Å². The van der Waals surface area contributed by atoms with Gasteiger partial charge in [-0.1, -0.05) is 13.8 Å². The quantitative estimate of drug-likeness (QED) is 0.622. The average Bonchev–Trinajstić information content (AvgIpc) is 2.58. The highest BCUT2D eigenvalue weighted by molar-refractivity contribution is 5.80. The summed E-state index contributed by atoms with van der Waals surface area (Å²) in [7, 11) is 0. The second-order valence-electron chi connectivity index (χ2n) is 7.12. The maximum absolute atomic E-state index is 13.5. The molecule has 0 saturated heterocycles. The number of halogens is 2. The Morgan fingerprint density at radius 3 is 2.57 bits per heavy atom. The van der Waals surface area contributed by atoms with Crippen LogP contribution in [0, 0.1) is 5.92 Å².